The van der Waals surface area contributed by atoms with E-state index >= 15 is 0 Å². The topological polar surface area (TPSA) is 78.9 Å². The van der Waals surface area contributed by atoms with Crippen molar-refractivity contribution in [3.05, 3.63) is 60.8 Å². The minimum absolute atomic E-state index is 0.0698. The Bertz CT molecular complexity index is 1250. The van der Waals surface area contributed by atoms with Crippen LogP contribution in [0.1, 0.15) is 303 Å². The summed E-state index contributed by atoms with van der Waals surface area (Å²) in [6, 6.07) is 0. The molecule has 0 N–H and O–H groups in total. The van der Waals surface area contributed by atoms with Crippen molar-refractivity contribution >= 4 is 17.9 Å². The number of carbonyl (C=O) groups excluding carboxylic acids is 3. The number of allylic oxidation sites excluding steroid dienone is 10. The zero-order chi connectivity index (χ0) is 50.0. The molecule has 69 heavy (non-hydrogen) atoms. The van der Waals surface area contributed by atoms with Crippen molar-refractivity contribution in [3.8, 4) is 0 Å². The fourth-order valence-electron chi connectivity index (χ4n) is 8.59. The number of unbranched alkanes of at least 4 members (excludes halogenated alkanes) is 33. The van der Waals surface area contributed by atoms with Crippen LogP contribution in [0.5, 0.6) is 0 Å². The first kappa shape index (κ1) is 66.1. The largest absolute Gasteiger partial charge is 0.462 e. The highest BCUT2D eigenvalue weighted by molar-refractivity contribution is 5.71. The average molecular weight is 966 g/mol. The van der Waals surface area contributed by atoms with Crippen LogP contribution in [0.15, 0.2) is 60.8 Å². The third kappa shape index (κ3) is 55.9. The van der Waals surface area contributed by atoms with Gasteiger partial charge in [-0.05, 0) is 64.2 Å². The third-order valence-corrected chi connectivity index (χ3v) is 13.0. The highest BCUT2D eigenvalue weighted by Crippen LogP contribution is 2.16. The SMILES string of the molecule is CC/C=C\C/C=C\C/C=C\C/C=C\C/C=C\CCCCCCCCCCCCCC(=O)OCC(COC(=O)CCCCCCCCCCCCCC)OC(=O)CCCCCCCCCCCCCC. The van der Waals surface area contributed by atoms with Crippen molar-refractivity contribution in [3.63, 3.8) is 0 Å². The first-order valence-corrected chi connectivity index (χ1v) is 29.8. The standard InChI is InChI=1S/C63H112O6/c1-4-7-10-13-16-19-22-25-26-27-28-29-30-31-32-33-34-35-36-37-38-39-42-44-47-50-53-56-62(65)68-59-60(69-63(66)57-54-51-48-45-41-24-21-18-15-12-9-6-3)58-67-61(64)55-52-49-46-43-40-23-20-17-14-11-8-5-2/h7,10,16,19,25-26,28-29,31-32,60H,4-6,8-9,11-15,17-18,20-24,27,30,33-59H2,1-3H3/b10-7-,19-16-,26-25-,29-28-,32-31-. The predicted octanol–water partition coefficient (Wildman–Crippen LogP) is 20.0. The van der Waals surface area contributed by atoms with Gasteiger partial charge in [0.2, 0.25) is 0 Å². The summed E-state index contributed by atoms with van der Waals surface area (Å²) in [5.74, 6) is -0.859. The minimum Gasteiger partial charge on any atom is -0.462 e. The molecule has 0 fully saturated rings. The fraction of sp³-hybridized carbons (Fsp3) is 0.794. The van der Waals surface area contributed by atoms with Crippen molar-refractivity contribution in [2.45, 2.75) is 309 Å². The van der Waals surface area contributed by atoms with Gasteiger partial charge in [-0.1, -0.05) is 281 Å². The Hall–Kier alpha value is -2.89. The monoisotopic (exact) mass is 965 g/mol. The third-order valence-electron chi connectivity index (χ3n) is 13.0. The molecular weight excluding hydrogens is 853 g/mol. The minimum atomic E-state index is -0.770. The van der Waals surface area contributed by atoms with Crippen LogP contribution >= 0.6 is 0 Å². The van der Waals surface area contributed by atoms with Crippen molar-refractivity contribution in [1.29, 1.82) is 0 Å². The smallest absolute Gasteiger partial charge is 0.306 e. The van der Waals surface area contributed by atoms with E-state index in [9.17, 15) is 14.4 Å². The highest BCUT2D eigenvalue weighted by Gasteiger charge is 2.19. The van der Waals surface area contributed by atoms with Gasteiger partial charge in [-0.25, -0.2) is 0 Å². The lowest BCUT2D eigenvalue weighted by atomic mass is 10.0. The number of hydrogen-bond donors (Lipinski definition) is 0. The van der Waals surface area contributed by atoms with E-state index in [4.69, 9.17) is 14.2 Å². The summed E-state index contributed by atoms with van der Waals surface area (Å²) >= 11 is 0. The van der Waals surface area contributed by atoms with E-state index < -0.39 is 6.10 Å². The maximum Gasteiger partial charge on any atom is 0.306 e. The van der Waals surface area contributed by atoms with E-state index in [0.29, 0.717) is 19.3 Å². The van der Waals surface area contributed by atoms with Crippen LogP contribution in [0.4, 0.5) is 0 Å². The van der Waals surface area contributed by atoms with Gasteiger partial charge in [0.25, 0.3) is 0 Å². The molecular formula is C63H112O6. The Kier molecular flexibility index (Phi) is 55.3. The Labute approximate surface area is 428 Å². The molecule has 0 bridgehead atoms. The summed E-state index contributed by atoms with van der Waals surface area (Å²) in [5, 5.41) is 0. The molecule has 0 aliphatic carbocycles. The van der Waals surface area contributed by atoms with Crippen LogP contribution in [-0.2, 0) is 28.6 Å². The fourth-order valence-corrected chi connectivity index (χ4v) is 8.59. The average Bonchev–Trinajstić information content (AvgIpc) is 3.35. The normalized spacial score (nSPS) is 12.4. The predicted molar refractivity (Wildman–Crippen MR) is 298 cm³/mol. The summed E-state index contributed by atoms with van der Waals surface area (Å²) in [5.41, 5.74) is 0. The second kappa shape index (κ2) is 57.7. The zero-order valence-electron chi connectivity index (χ0n) is 45.8. The summed E-state index contributed by atoms with van der Waals surface area (Å²) in [6.07, 6.45) is 72.2. The lowest BCUT2D eigenvalue weighted by Gasteiger charge is -2.18. The number of ether oxygens (including phenoxy) is 3. The van der Waals surface area contributed by atoms with Crippen LogP contribution in [0.25, 0.3) is 0 Å². The lowest BCUT2D eigenvalue weighted by molar-refractivity contribution is -0.167. The number of carbonyl (C=O) groups is 3. The molecule has 0 rings (SSSR count). The van der Waals surface area contributed by atoms with Gasteiger partial charge in [0.05, 0.1) is 0 Å². The summed E-state index contributed by atoms with van der Waals surface area (Å²) in [4.78, 5) is 38.1. The van der Waals surface area contributed by atoms with E-state index in [1.54, 1.807) is 0 Å². The van der Waals surface area contributed by atoms with E-state index in [0.717, 1.165) is 89.9 Å². The number of hydrogen-bond acceptors (Lipinski definition) is 6. The number of rotatable bonds is 54. The molecule has 0 aromatic heterocycles. The highest BCUT2D eigenvalue weighted by atomic mass is 16.6. The van der Waals surface area contributed by atoms with Crippen molar-refractivity contribution < 1.29 is 28.6 Å². The van der Waals surface area contributed by atoms with Gasteiger partial charge in [0.1, 0.15) is 13.2 Å². The summed E-state index contributed by atoms with van der Waals surface area (Å²) in [7, 11) is 0. The second-order valence-electron chi connectivity index (χ2n) is 19.9. The van der Waals surface area contributed by atoms with Crippen LogP contribution in [0.3, 0.4) is 0 Å². The Balaban J connectivity index is 4.20. The Morgan fingerprint density at radius 2 is 0.565 bits per heavy atom. The van der Waals surface area contributed by atoms with Gasteiger partial charge in [-0.15, -0.1) is 0 Å². The molecule has 0 aromatic carbocycles. The summed E-state index contributed by atoms with van der Waals surface area (Å²) in [6.45, 7) is 6.55. The van der Waals surface area contributed by atoms with Gasteiger partial charge in [0, 0.05) is 19.3 Å². The molecule has 0 saturated heterocycles. The Morgan fingerprint density at radius 3 is 0.884 bits per heavy atom. The molecule has 1 atom stereocenters. The van der Waals surface area contributed by atoms with Crippen LogP contribution in [0, 0.1) is 0 Å². The Morgan fingerprint density at radius 1 is 0.304 bits per heavy atom. The van der Waals surface area contributed by atoms with Gasteiger partial charge in [-0.3, -0.25) is 14.4 Å². The second-order valence-corrected chi connectivity index (χ2v) is 19.9. The molecule has 0 radical (unpaired) electrons. The molecule has 0 amide bonds. The van der Waals surface area contributed by atoms with E-state index in [1.807, 2.05) is 0 Å². The van der Waals surface area contributed by atoms with Crippen LogP contribution in [0.2, 0.25) is 0 Å². The molecule has 0 heterocycles. The van der Waals surface area contributed by atoms with Gasteiger partial charge < -0.3 is 14.2 Å². The van der Waals surface area contributed by atoms with E-state index in [2.05, 4.69) is 81.5 Å². The van der Waals surface area contributed by atoms with Gasteiger partial charge >= 0.3 is 17.9 Å². The van der Waals surface area contributed by atoms with Crippen molar-refractivity contribution in [2.24, 2.45) is 0 Å². The van der Waals surface area contributed by atoms with Crippen LogP contribution < -0.4 is 0 Å². The van der Waals surface area contributed by atoms with E-state index in [1.165, 1.54) is 173 Å². The quantitative estimate of drug-likeness (QED) is 0.0262. The first-order valence-electron chi connectivity index (χ1n) is 29.8. The van der Waals surface area contributed by atoms with Gasteiger partial charge in [0.15, 0.2) is 6.10 Å². The van der Waals surface area contributed by atoms with Crippen LogP contribution in [-0.4, -0.2) is 37.2 Å². The summed E-state index contributed by atoms with van der Waals surface area (Å²) < 4.78 is 16.9. The van der Waals surface area contributed by atoms with Gasteiger partial charge in [-0.2, -0.15) is 0 Å². The molecule has 1 unspecified atom stereocenters. The first-order chi connectivity index (χ1) is 34.0. The maximum atomic E-state index is 12.8. The zero-order valence-corrected chi connectivity index (χ0v) is 45.8. The van der Waals surface area contributed by atoms with Crippen molar-refractivity contribution in [1.82, 2.24) is 0 Å². The molecule has 6 nitrogen and oxygen atoms in total. The molecule has 0 aromatic rings. The lowest BCUT2D eigenvalue weighted by Crippen LogP contribution is -2.30. The van der Waals surface area contributed by atoms with E-state index in [-0.39, 0.29) is 31.1 Å². The number of esters is 3. The molecule has 0 aliphatic heterocycles. The molecule has 0 saturated carbocycles. The molecule has 6 heteroatoms. The molecule has 0 aliphatic rings. The molecule has 400 valence electrons. The maximum absolute atomic E-state index is 12.8. The molecule has 0 spiro atoms. The van der Waals surface area contributed by atoms with Crippen molar-refractivity contribution in [2.75, 3.05) is 13.2 Å².